The quantitative estimate of drug-likeness (QED) is 0.762. The maximum Gasteiger partial charge on any atom is 0.123 e. The molecule has 1 N–H and O–H groups in total. The predicted molar refractivity (Wildman–Crippen MR) is 55.7 cm³/mol. The molecule has 1 aromatic carbocycles. The Morgan fingerprint density at radius 3 is 2.87 bits per heavy atom. The van der Waals surface area contributed by atoms with Gasteiger partial charge in [-0.15, -0.1) is 0 Å². The van der Waals surface area contributed by atoms with Gasteiger partial charge in [-0.1, -0.05) is 12.1 Å². The van der Waals surface area contributed by atoms with Gasteiger partial charge in [0.25, 0.3) is 0 Å². The molecule has 0 unspecified atom stereocenters. The molecule has 0 amide bonds. The third-order valence-electron chi connectivity index (χ3n) is 3.00. The first-order valence-electron chi connectivity index (χ1n) is 5.00. The molecule has 0 aliphatic heterocycles. The lowest BCUT2D eigenvalue weighted by Crippen LogP contribution is -2.41. The van der Waals surface area contributed by atoms with E-state index in [1.165, 1.54) is 0 Å². The smallest absolute Gasteiger partial charge is 0.123 e. The molecule has 3 nitrogen and oxygen atoms in total. The number of ether oxygens (including phenoxy) is 1. The summed E-state index contributed by atoms with van der Waals surface area (Å²) in [6.07, 6.45) is 1.95. The summed E-state index contributed by atoms with van der Waals surface area (Å²) in [6.45, 7) is 0. The number of aldehydes is 1. The van der Waals surface area contributed by atoms with Crippen LogP contribution in [0, 0.1) is 5.92 Å². The van der Waals surface area contributed by atoms with Crippen LogP contribution in [-0.4, -0.2) is 18.5 Å². The lowest BCUT2D eigenvalue weighted by molar-refractivity contribution is -0.128. The zero-order chi connectivity index (χ0) is 10.9. The van der Waals surface area contributed by atoms with Crippen molar-refractivity contribution >= 4 is 6.29 Å². The van der Waals surface area contributed by atoms with E-state index in [1.54, 1.807) is 7.11 Å². The monoisotopic (exact) mass is 206 g/mol. The summed E-state index contributed by atoms with van der Waals surface area (Å²) in [5.41, 5.74) is 0.0000694. The molecule has 0 heterocycles. The van der Waals surface area contributed by atoms with E-state index >= 15 is 0 Å². The minimum absolute atomic E-state index is 0.00111. The Kier molecular flexibility index (Phi) is 2.49. The standard InChI is InChI=1S/C12H14O3/c1-15-11-4-2-3-10(5-11)12(14)6-9(7-12)8-13/h2-5,8-9,14H,6-7H2,1H3. The van der Waals surface area contributed by atoms with Crippen LogP contribution in [-0.2, 0) is 10.4 Å². The van der Waals surface area contributed by atoms with Crippen LogP contribution < -0.4 is 4.74 Å². The normalized spacial score (nSPS) is 29.3. The first-order chi connectivity index (χ1) is 7.18. The second-order valence-corrected chi connectivity index (χ2v) is 4.07. The van der Waals surface area contributed by atoms with Crippen LogP contribution in [0.4, 0.5) is 0 Å². The SMILES string of the molecule is COc1cccc(C2(O)CC(C=O)C2)c1. The topological polar surface area (TPSA) is 46.5 Å². The zero-order valence-corrected chi connectivity index (χ0v) is 8.64. The second kappa shape index (κ2) is 3.66. The molecule has 0 saturated heterocycles. The van der Waals surface area contributed by atoms with Gasteiger partial charge in [-0.05, 0) is 30.5 Å². The molecule has 1 aromatic rings. The molecule has 1 saturated carbocycles. The minimum Gasteiger partial charge on any atom is -0.497 e. The fourth-order valence-electron chi connectivity index (χ4n) is 2.05. The molecule has 80 valence electrons. The van der Waals surface area contributed by atoms with Crippen LogP contribution in [0.2, 0.25) is 0 Å². The number of carbonyl (C=O) groups is 1. The fraction of sp³-hybridized carbons (Fsp3) is 0.417. The summed E-state index contributed by atoms with van der Waals surface area (Å²) in [6, 6.07) is 7.37. The summed E-state index contributed by atoms with van der Waals surface area (Å²) in [4.78, 5) is 10.5. The number of aliphatic hydroxyl groups is 1. The number of hydrogen-bond donors (Lipinski definition) is 1. The van der Waals surface area contributed by atoms with E-state index in [2.05, 4.69) is 0 Å². The fourth-order valence-corrected chi connectivity index (χ4v) is 2.05. The highest BCUT2D eigenvalue weighted by Crippen LogP contribution is 2.45. The summed E-state index contributed by atoms with van der Waals surface area (Å²) in [7, 11) is 1.60. The van der Waals surface area contributed by atoms with E-state index in [4.69, 9.17) is 4.74 Å². The first kappa shape index (κ1) is 10.2. The van der Waals surface area contributed by atoms with Gasteiger partial charge in [0, 0.05) is 5.92 Å². The summed E-state index contributed by atoms with van der Waals surface area (Å²) >= 11 is 0. The van der Waals surface area contributed by atoms with Gasteiger partial charge in [0.1, 0.15) is 12.0 Å². The van der Waals surface area contributed by atoms with Gasteiger partial charge in [-0.3, -0.25) is 0 Å². The van der Waals surface area contributed by atoms with E-state index in [9.17, 15) is 9.90 Å². The molecule has 1 aliphatic carbocycles. The number of hydrogen-bond acceptors (Lipinski definition) is 3. The van der Waals surface area contributed by atoms with Crippen molar-refractivity contribution in [1.82, 2.24) is 0 Å². The third kappa shape index (κ3) is 1.75. The van der Waals surface area contributed by atoms with E-state index in [1.807, 2.05) is 24.3 Å². The van der Waals surface area contributed by atoms with Crippen LogP contribution in [0.3, 0.4) is 0 Å². The number of rotatable bonds is 3. The van der Waals surface area contributed by atoms with Crippen molar-refractivity contribution in [3.05, 3.63) is 29.8 Å². The molecule has 0 radical (unpaired) electrons. The van der Waals surface area contributed by atoms with Crippen LogP contribution in [0.15, 0.2) is 24.3 Å². The molecule has 2 rings (SSSR count). The molecular weight excluding hydrogens is 192 g/mol. The average molecular weight is 206 g/mol. The molecule has 0 bridgehead atoms. The van der Waals surface area contributed by atoms with Crippen molar-refractivity contribution in [3.8, 4) is 5.75 Å². The van der Waals surface area contributed by atoms with Crippen LogP contribution in [0.25, 0.3) is 0 Å². The molecule has 1 fully saturated rings. The molecule has 1 aliphatic rings. The van der Waals surface area contributed by atoms with Gasteiger partial charge in [0.05, 0.1) is 12.7 Å². The Bertz CT molecular complexity index is 367. The van der Waals surface area contributed by atoms with Gasteiger partial charge < -0.3 is 14.6 Å². The first-order valence-corrected chi connectivity index (χ1v) is 5.00. The van der Waals surface area contributed by atoms with Crippen LogP contribution in [0.5, 0.6) is 5.75 Å². The van der Waals surface area contributed by atoms with Crippen LogP contribution >= 0.6 is 0 Å². The summed E-state index contributed by atoms with van der Waals surface area (Å²) < 4.78 is 5.09. The summed E-state index contributed by atoms with van der Waals surface area (Å²) in [5.74, 6) is 0.733. The van der Waals surface area contributed by atoms with E-state index in [-0.39, 0.29) is 5.92 Å². The van der Waals surface area contributed by atoms with E-state index < -0.39 is 5.60 Å². The maximum absolute atomic E-state index is 10.5. The molecule has 0 aromatic heterocycles. The summed E-state index contributed by atoms with van der Waals surface area (Å²) in [5, 5.41) is 10.2. The number of carbonyl (C=O) groups excluding carboxylic acids is 1. The Morgan fingerprint density at radius 1 is 1.53 bits per heavy atom. The van der Waals surface area contributed by atoms with Crippen molar-refractivity contribution < 1.29 is 14.6 Å². The van der Waals surface area contributed by atoms with Crippen molar-refractivity contribution in [1.29, 1.82) is 0 Å². The Morgan fingerprint density at radius 2 is 2.27 bits per heavy atom. The highest BCUT2D eigenvalue weighted by molar-refractivity contribution is 5.57. The van der Waals surface area contributed by atoms with Crippen molar-refractivity contribution in [3.63, 3.8) is 0 Å². The molecule has 0 spiro atoms. The maximum atomic E-state index is 10.5. The molecule has 0 atom stereocenters. The van der Waals surface area contributed by atoms with Crippen molar-refractivity contribution in [2.75, 3.05) is 7.11 Å². The Hall–Kier alpha value is -1.35. The molecule has 3 heteroatoms. The lowest BCUT2D eigenvalue weighted by atomic mass is 9.68. The van der Waals surface area contributed by atoms with Crippen LogP contribution in [0.1, 0.15) is 18.4 Å². The van der Waals surface area contributed by atoms with Crippen molar-refractivity contribution in [2.45, 2.75) is 18.4 Å². The molecule has 15 heavy (non-hydrogen) atoms. The highest BCUT2D eigenvalue weighted by Gasteiger charge is 2.43. The van der Waals surface area contributed by atoms with Crippen molar-refractivity contribution in [2.24, 2.45) is 5.92 Å². The second-order valence-electron chi connectivity index (χ2n) is 4.07. The Balaban J connectivity index is 2.19. The molecular formula is C12H14O3. The number of methoxy groups -OCH3 is 1. The van der Waals surface area contributed by atoms with E-state index in [0.717, 1.165) is 17.6 Å². The highest BCUT2D eigenvalue weighted by atomic mass is 16.5. The Labute approximate surface area is 88.7 Å². The third-order valence-corrected chi connectivity index (χ3v) is 3.00. The average Bonchev–Trinajstić information content (AvgIpc) is 2.24. The van der Waals surface area contributed by atoms with Gasteiger partial charge in [0.15, 0.2) is 0 Å². The number of benzene rings is 1. The largest absolute Gasteiger partial charge is 0.497 e. The predicted octanol–water partition coefficient (Wildman–Crippen LogP) is 1.49. The van der Waals surface area contributed by atoms with Gasteiger partial charge in [-0.2, -0.15) is 0 Å². The minimum atomic E-state index is -0.833. The van der Waals surface area contributed by atoms with Gasteiger partial charge in [-0.25, -0.2) is 0 Å². The zero-order valence-electron chi connectivity index (χ0n) is 8.64. The lowest BCUT2D eigenvalue weighted by Gasteiger charge is -2.41. The van der Waals surface area contributed by atoms with Gasteiger partial charge >= 0.3 is 0 Å². The van der Waals surface area contributed by atoms with E-state index in [0.29, 0.717) is 12.8 Å². The van der Waals surface area contributed by atoms with Gasteiger partial charge in [0.2, 0.25) is 0 Å².